The first kappa shape index (κ1) is 21.6. The molecule has 0 amide bonds. The lowest BCUT2D eigenvalue weighted by Gasteiger charge is -2.15. The molecule has 1 aromatic heterocycles. The maximum atomic E-state index is 13.5. The minimum absolute atomic E-state index is 0.0952. The molecule has 0 saturated heterocycles. The Morgan fingerprint density at radius 1 is 0.875 bits per heavy atom. The third-order valence-electron chi connectivity index (χ3n) is 5.71. The first-order valence-electron chi connectivity index (χ1n) is 10.8. The van der Waals surface area contributed by atoms with Crippen molar-refractivity contribution in [2.45, 2.75) is 40.3 Å². The molecule has 162 valence electrons. The first-order valence-corrected chi connectivity index (χ1v) is 10.8. The summed E-state index contributed by atoms with van der Waals surface area (Å²) in [5, 5.41) is 1.02. The summed E-state index contributed by atoms with van der Waals surface area (Å²) in [6, 6.07) is 23.6. The predicted octanol–water partition coefficient (Wildman–Crippen LogP) is 5.73. The average molecular weight is 426 g/mol. The van der Waals surface area contributed by atoms with Crippen LogP contribution in [0.2, 0.25) is 0 Å². The van der Waals surface area contributed by atoms with Crippen molar-refractivity contribution in [3.05, 3.63) is 105 Å². The van der Waals surface area contributed by atoms with Gasteiger partial charge in [0.2, 0.25) is 0 Å². The highest BCUT2D eigenvalue weighted by atomic mass is 16.5. The van der Waals surface area contributed by atoms with Gasteiger partial charge < -0.3 is 9.30 Å². The van der Waals surface area contributed by atoms with Crippen molar-refractivity contribution in [3.63, 3.8) is 0 Å². The fraction of sp³-hybridized carbons (Fsp3) is 0.214. The summed E-state index contributed by atoms with van der Waals surface area (Å²) in [6.45, 7) is 6.60. The molecule has 32 heavy (non-hydrogen) atoms. The molecule has 3 aromatic carbocycles. The number of benzene rings is 3. The van der Waals surface area contributed by atoms with E-state index in [4.69, 9.17) is 4.74 Å². The highest BCUT2D eigenvalue weighted by molar-refractivity contribution is 5.87. The molecule has 4 rings (SSSR count). The summed E-state index contributed by atoms with van der Waals surface area (Å²) in [6.07, 6.45) is 0.131. The highest BCUT2D eigenvalue weighted by Gasteiger charge is 2.14. The molecule has 4 heteroatoms. The quantitative estimate of drug-likeness (QED) is 0.371. The Kier molecular flexibility index (Phi) is 6.22. The van der Waals surface area contributed by atoms with E-state index >= 15 is 0 Å². The number of nitrogens with zero attached hydrogens (tertiary/aromatic N) is 1. The Morgan fingerprint density at radius 2 is 1.59 bits per heavy atom. The van der Waals surface area contributed by atoms with Crippen molar-refractivity contribution >= 4 is 16.9 Å². The van der Waals surface area contributed by atoms with Crippen LogP contribution in [-0.4, -0.2) is 10.5 Å². The Labute approximate surface area is 188 Å². The zero-order valence-electron chi connectivity index (χ0n) is 18.7. The molecule has 4 aromatic rings. The van der Waals surface area contributed by atoms with Gasteiger partial charge in [0.15, 0.2) is 0 Å². The van der Waals surface area contributed by atoms with Crippen LogP contribution in [0.25, 0.3) is 22.0 Å². The number of esters is 1. The third kappa shape index (κ3) is 4.65. The van der Waals surface area contributed by atoms with E-state index in [1.807, 2.05) is 80.6 Å². The van der Waals surface area contributed by atoms with Gasteiger partial charge in [-0.25, -0.2) is 0 Å². The minimum Gasteiger partial charge on any atom is -0.461 e. The van der Waals surface area contributed by atoms with Gasteiger partial charge in [0.1, 0.15) is 6.61 Å². The van der Waals surface area contributed by atoms with E-state index in [1.54, 1.807) is 4.57 Å². The molecule has 1 heterocycles. The van der Waals surface area contributed by atoms with Crippen LogP contribution in [0.1, 0.15) is 28.7 Å². The van der Waals surface area contributed by atoms with Gasteiger partial charge in [0.05, 0.1) is 11.9 Å². The van der Waals surface area contributed by atoms with E-state index in [0.717, 1.165) is 38.7 Å². The number of rotatable bonds is 6. The maximum absolute atomic E-state index is 13.5. The standard InChI is InChI=1S/C28H27NO3/c1-19-9-11-23(12-10-19)25-17-24-21(3)15-20(2)16-26(24)29(28(25)31)14-13-27(30)32-18-22-7-5-4-6-8-22/h4-12,15-17H,13-14,18H2,1-3H3. The summed E-state index contributed by atoms with van der Waals surface area (Å²) in [5.41, 5.74) is 6.54. The van der Waals surface area contributed by atoms with Crippen LogP contribution in [0.4, 0.5) is 0 Å². The van der Waals surface area contributed by atoms with Gasteiger partial charge in [-0.15, -0.1) is 0 Å². The van der Waals surface area contributed by atoms with Crippen molar-refractivity contribution in [2.24, 2.45) is 0 Å². The number of fused-ring (bicyclic) bond motifs is 1. The van der Waals surface area contributed by atoms with Crippen LogP contribution in [0.15, 0.2) is 77.6 Å². The molecule has 0 saturated carbocycles. The molecule has 0 spiro atoms. The summed E-state index contributed by atoms with van der Waals surface area (Å²) in [5.74, 6) is -0.320. The Balaban J connectivity index is 1.67. The Hall–Kier alpha value is -3.66. The van der Waals surface area contributed by atoms with Crippen LogP contribution < -0.4 is 5.56 Å². The minimum atomic E-state index is -0.320. The van der Waals surface area contributed by atoms with Crippen molar-refractivity contribution in [2.75, 3.05) is 0 Å². The van der Waals surface area contributed by atoms with Crippen LogP contribution in [0, 0.1) is 20.8 Å². The van der Waals surface area contributed by atoms with E-state index in [2.05, 4.69) is 13.0 Å². The molecule has 0 aliphatic carbocycles. The topological polar surface area (TPSA) is 48.3 Å². The van der Waals surface area contributed by atoms with Crippen LogP contribution >= 0.6 is 0 Å². The SMILES string of the molecule is Cc1ccc(-c2cc3c(C)cc(C)cc3n(CCC(=O)OCc3ccccc3)c2=O)cc1. The second-order valence-electron chi connectivity index (χ2n) is 8.29. The summed E-state index contributed by atoms with van der Waals surface area (Å²) >= 11 is 0. The van der Waals surface area contributed by atoms with Crippen molar-refractivity contribution in [1.29, 1.82) is 0 Å². The number of carbonyl (C=O) groups is 1. The third-order valence-corrected chi connectivity index (χ3v) is 5.71. The Morgan fingerprint density at radius 3 is 2.31 bits per heavy atom. The van der Waals surface area contributed by atoms with Crippen LogP contribution in [-0.2, 0) is 22.7 Å². The largest absolute Gasteiger partial charge is 0.461 e. The molecule has 0 fully saturated rings. The van der Waals surface area contributed by atoms with Gasteiger partial charge in [-0.2, -0.15) is 0 Å². The number of hydrogen-bond acceptors (Lipinski definition) is 3. The fourth-order valence-electron chi connectivity index (χ4n) is 4.00. The maximum Gasteiger partial charge on any atom is 0.307 e. The van der Waals surface area contributed by atoms with E-state index in [0.29, 0.717) is 5.56 Å². The zero-order chi connectivity index (χ0) is 22.7. The lowest BCUT2D eigenvalue weighted by atomic mass is 10.00. The second-order valence-corrected chi connectivity index (χ2v) is 8.29. The van der Waals surface area contributed by atoms with Crippen LogP contribution in [0.5, 0.6) is 0 Å². The van der Waals surface area contributed by atoms with E-state index < -0.39 is 0 Å². The van der Waals surface area contributed by atoms with Gasteiger partial charge in [0.25, 0.3) is 5.56 Å². The number of aryl methyl sites for hydroxylation is 4. The molecular weight excluding hydrogens is 398 g/mol. The molecule has 0 bridgehead atoms. The number of aromatic nitrogens is 1. The Bertz CT molecular complexity index is 1320. The fourth-order valence-corrected chi connectivity index (χ4v) is 4.00. The smallest absolute Gasteiger partial charge is 0.307 e. The number of ether oxygens (including phenoxy) is 1. The van der Waals surface area contributed by atoms with E-state index in [9.17, 15) is 9.59 Å². The average Bonchev–Trinajstić information content (AvgIpc) is 2.78. The molecule has 0 unspecified atom stereocenters. The van der Waals surface area contributed by atoms with Gasteiger partial charge in [-0.05, 0) is 55.2 Å². The molecule has 0 radical (unpaired) electrons. The molecule has 0 N–H and O–H groups in total. The van der Waals surface area contributed by atoms with E-state index in [1.165, 1.54) is 0 Å². The molecule has 4 nitrogen and oxygen atoms in total. The van der Waals surface area contributed by atoms with Crippen LogP contribution in [0.3, 0.4) is 0 Å². The molecular formula is C28H27NO3. The number of hydrogen-bond donors (Lipinski definition) is 0. The summed E-state index contributed by atoms with van der Waals surface area (Å²) < 4.78 is 7.14. The number of carbonyl (C=O) groups excluding carboxylic acids is 1. The second kappa shape index (κ2) is 9.23. The van der Waals surface area contributed by atoms with Gasteiger partial charge in [-0.1, -0.05) is 66.2 Å². The monoisotopic (exact) mass is 425 g/mol. The van der Waals surface area contributed by atoms with E-state index in [-0.39, 0.29) is 31.1 Å². The number of pyridine rings is 1. The van der Waals surface area contributed by atoms with Gasteiger partial charge in [0, 0.05) is 17.5 Å². The van der Waals surface area contributed by atoms with Crippen molar-refractivity contribution in [3.8, 4) is 11.1 Å². The van der Waals surface area contributed by atoms with Gasteiger partial charge in [-0.3, -0.25) is 9.59 Å². The predicted molar refractivity (Wildman–Crippen MR) is 129 cm³/mol. The first-order chi connectivity index (χ1) is 15.4. The summed E-state index contributed by atoms with van der Waals surface area (Å²) in [7, 11) is 0. The van der Waals surface area contributed by atoms with Gasteiger partial charge >= 0.3 is 5.97 Å². The van der Waals surface area contributed by atoms with Crippen molar-refractivity contribution < 1.29 is 9.53 Å². The normalized spacial score (nSPS) is 11.0. The summed E-state index contributed by atoms with van der Waals surface area (Å²) in [4.78, 5) is 25.9. The molecule has 0 aliphatic rings. The molecule has 0 atom stereocenters. The highest BCUT2D eigenvalue weighted by Crippen LogP contribution is 2.25. The lowest BCUT2D eigenvalue weighted by molar-refractivity contribution is -0.145. The zero-order valence-corrected chi connectivity index (χ0v) is 18.7. The molecule has 0 aliphatic heterocycles. The van der Waals surface area contributed by atoms with Crippen molar-refractivity contribution in [1.82, 2.24) is 4.57 Å². The lowest BCUT2D eigenvalue weighted by Crippen LogP contribution is -2.24.